The monoisotopic (exact) mass is 347 g/mol. The average molecular weight is 347 g/mol. The molecule has 3 aromatic rings. The van der Waals surface area contributed by atoms with E-state index >= 15 is 0 Å². The van der Waals surface area contributed by atoms with Crippen LogP contribution in [0.3, 0.4) is 0 Å². The zero-order valence-corrected chi connectivity index (χ0v) is 13.7. The highest BCUT2D eigenvalue weighted by molar-refractivity contribution is 5.93. The van der Waals surface area contributed by atoms with E-state index in [2.05, 4.69) is 4.98 Å². The van der Waals surface area contributed by atoms with Crippen LogP contribution in [-0.2, 0) is 12.7 Å². The van der Waals surface area contributed by atoms with E-state index in [9.17, 15) is 18.0 Å². The van der Waals surface area contributed by atoms with Crippen LogP contribution in [0.15, 0.2) is 48.5 Å². The molecule has 0 fully saturated rings. The summed E-state index contributed by atoms with van der Waals surface area (Å²) in [5, 5.41) is 0. The third-order valence-corrected chi connectivity index (χ3v) is 3.86. The number of carbonyl (C=O) groups excluding carboxylic acids is 1. The molecular formula is C18H16F3N3O. The molecular weight excluding hydrogens is 331 g/mol. The Labute approximate surface area is 142 Å². The van der Waals surface area contributed by atoms with Gasteiger partial charge in [-0.2, -0.15) is 13.2 Å². The molecule has 0 radical (unpaired) electrons. The Morgan fingerprint density at radius 2 is 1.72 bits per heavy atom. The first-order valence-corrected chi connectivity index (χ1v) is 7.60. The SMILES string of the molecule is CN(C)C(=O)c1ccc(Cn2c(C(F)(F)F)nc3ccccc32)cc1. The molecule has 0 aliphatic heterocycles. The number of carbonyl (C=O) groups is 1. The predicted octanol–water partition coefficient (Wildman–Crippen LogP) is 3.81. The normalized spacial score (nSPS) is 11.7. The fraction of sp³-hybridized carbons (Fsp3) is 0.222. The molecule has 1 aromatic heterocycles. The van der Waals surface area contributed by atoms with Crippen molar-refractivity contribution in [3.63, 3.8) is 0 Å². The van der Waals surface area contributed by atoms with Gasteiger partial charge in [-0.05, 0) is 29.8 Å². The number of para-hydroxylation sites is 2. The summed E-state index contributed by atoms with van der Waals surface area (Å²) < 4.78 is 41.1. The molecule has 4 nitrogen and oxygen atoms in total. The Morgan fingerprint density at radius 3 is 2.32 bits per heavy atom. The van der Waals surface area contributed by atoms with Crippen molar-refractivity contribution in [1.29, 1.82) is 0 Å². The lowest BCUT2D eigenvalue weighted by molar-refractivity contribution is -0.146. The van der Waals surface area contributed by atoms with Gasteiger partial charge in [0.2, 0.25) is 5.82 Å². The van der Waals surface area contributed by atoms with Gasteiger partial charge in [0.05, 0.1) is 11.0 Å². The van der Waals surface area contributed by atoms with Gasteiger partial charge in [0.25, 0.3) is 5.91 Å². The van der Waals surface area contributed by atoms with Gasteiger partial charge >= 0.3 is 6.18 Å². The highest BCUT2D eigenvalue weighted by Gasteiger charge is 2.37. The number of halogens is 3. The van der Waals surface area contributed by atoms with Crippen LogP contribution < -0.4 is 0 Å². The summed E-state index contributed by atoms with van der Waals surface area (Å²) in [7, 11) is 3.28. The van der Waals surface area contributed by atoms with Crippen LogP contribution in [0.25, 0.3) is 11.0 Å². The largest absolute Gasteiger partial charge is 0.449 e. The Morgan fingerprint density at radius 1 is 1.08 bits per heavy atom. The van der Waals surface area contributed by atoms with E-state index in [4.69, 9.17) is 0 Å². The number of rotatable bonds is 3. The third-order valence-electron chi connectivity index (χ3n) is 3.86. The summed E-state index contributed by atoms with van der Waals surface area (Å²) in [5.41, 5.74) is 1.86. The number of alkyl halides is 3. The summed E-state index contributed by atoms with van der Waals surface area (Å²) in [6.45, 7) is 0.0196. The third kappa shape index (κ3) is 3.35. The van der Waals surface area contributed by atoms with Gasteiger partial charge in [0.15, 0.2) is 0 Å². The number of aromatic nitrogens is 2. The fourth-order valence-electron chi connectivity index (χ4n) is 2.65. The Bertz CT molecular complexity index is 911. The van der Waals surface area contributed by atoms with E-state index in [1.54, 1.807) is 62.6 Å². The predicted molar refractivity (Wildman–Crippen MR) is 88.3 cm³/mol. The van der Waals surface area contributed by atoms with Gasteiger partial charge in [-0.3, -0.25) is 4.79 Å². The van der Waals surface area contributed by atoms with Gasteiger partial charge in [0, 0.05) is 26.2 Å². The molecule has 2 aromatic carbocycles. The van der Waals surface area contributed by atoms with Crippen LogP contribution >= 0.6 is 0 Å². The van der Waals surface area contributed by atoms with Gasteiger partial charge in [-0.1, -0.05) is 24.3 Å². The number of amides is 1. The number of benzene rings is 2. The van der Waals surface area contributed by atoms with Crippen LogP contribution in [0, 0.1) is 0 Å². The van der Waals surface area contributed by atoms with Crippen molar-refractivity contribution < 1.29 is 18.0 Å². The van der Waals surface area contributed by atoms with Crippen molar-refractivity contribution in [2.24, 2.45) is 0 Å². The minimum absolute atomic E-state index is 0.0196. The van der Waals surface area contributed by atoms with Crippen LogP contribution in [0.4, 0.5) is 13.2 Å². The molecule has 0 saturated carbocycles. The standard InChI is InChI=1S/C18H16F3N3O/c1-23(2)16(25)13-9-7-12(8-10-13)11-24-15-6-4-3-5-14(15)22-17(24)18(19,20)21/h3-10H,11H2,1-2H3. The van der Waals surface area contributed by atoms with E-state index in [0.29, 0.717) is 22.2 Å². The quantitative estimate of drug-likeness (QED) is 0.723. The molecule has 0 saturated heterocycles. The van der Waals surface area contributed by atoms with Crippen LogP contribution in [-0.4, -0.2) is 34.5 Å². The summed E-state index contributed by atoms with van der Waals surface area (Å²) in [6.07, 6.45) is -4.54. The van der Waals surface area contributed by atoms with Gasteiger partial charge < -0.3 is 9.47 Å². The van der Waals surface area contributed by atoms with Gasteiger partial charge in [0.1, 0.15) is 0 Å². The van der Waals surface area contributed by atoms with Gasteiger partial charge in [-0.25, -0.2) is 4.98 Å². The summed E-state index contributed by atoms with van der Waals surface area (Å²) in [5.74, 6) is -1.09. The van der Waals surface area contributed by atoms with Crippen molar-refractivity contribution in [1.82, 2.24) is 14.5 Å². The van der Waals surface area contributed by atoms with Crippen LogP contribution in [0.1, 0.15) is 21.7 Å². The maximum atomic E-state index is 13.3. The Kier molecular flexibility index (Phi) is 4.24. The minimum atomic E-state index is -4.54. The zero-order valence-electron chi connectivity index (χ0n) is 13.7. The fourth-order valence-corrected chi connectivity index (χ4v) is 2.65. The molecule has 0 unspecified atom stereocenters. The molecule has 3 rings (SSSR count). The number of hydrogen-bond acceptors (Lipinski definition) is 2. The van der Waals surface area contributed by atoms with E-state index in [0.717, 1.165) is 4.57 Å². The first kappa shape index (κ1) is 17.0. The number of imidazole rings is 1. The molecule has 0 aliphatic rings. The van der Waals surface area contributed by atoms with Crippen molar-refractivity contribution in [2.45, 2.75) is 12.7 Å². The highest BCUT2D eigenvalue weighted by atomic mass is 19.4. The van der Waals surface area contributed by atoms with Crippen molar-refractivity contribution in [3.05, 3.63) is 65.5 Å². The summed E-state index contributed by atoms with van der Waals surface area (Å²) >= 11 is 0. The van der Waals surface area contributed by atoms with Gasteiger partial charge in [-0.15, -0.1) is 0 Å². The molecule has 0 bridgehead atoms. The zero-order chi connectivity index (χ0) is 18.2. The molecule has 1 heterocycles. The number of hydrogen-bond donors (Lipinski definition) is 0. The first-order chi connectivity index (χ1) is 11.8. The molecule has 0 atom stereocenters. The second kappa shape index (κ2) is 6.23. The van der Waals surface area contributed by atoms with E-state index < -0.39 is 12.0 Å². The maximum absolute atomic E-state index is 13.3. The Hall–Kier alpha value is -2.83. The smallest absolute Gasteiger partial charge is 0.345 e. The number of fused-ring (bicyclic) bond motifs is 1. The summed E-state index contributed by atoms with van der Waals surface area (Å²) in [4.78, 5) is 17.1. The lowest BCUT2D eigenvalue weighted by atomic mass is 10.1. The maximum Gasteiger partial charge on any atom is 0.449 e. The Balaban J connectivity index is 1.99. The first-order valence-electron chi connectivity index (χ1n) is 7.60. The molecule has 0 N–H and O–H groups in total. The van der Waals surface area contributed by atoms with Crippen LogP contribution in [0.2, 0.25) is 0 Å². The second-order valence-corrected chi connectivity index (χ2v) is 5.90. The lowest BCUT2D eigenvalue weighted by Crippen LogP contribution is -2.21. The van der Waals surface area contributed by atoms with E-state index in [-0.39, 0.29) is 12.5 Å². The molecule has 0 spiro atoms. The molecule has 25 heavy (non-hydrogen) atoms. The molecule has 0 aliphatic carbocycles. The molecule has 130 valence electrons. The summed E-state index contributed by atoms with van der Waals surface area (Å²) in [6, 6.07) is 13.0. The van der Waals surface area contributed by atoms with E-state index in [1.165, 1.54) is 4.90 Å². The molecule has 1 amide bonds. The van der Waals surface area contributed by atoms with Crippen molar-refractivity contribution >= 4 is 16.9 Å². The highest BCUT2D eigenvalue weighted by Crippen LogP contribution is 2.32. The average Bonchev–Trinajstić information content (AvgIpc) is 2.94. The van der Waals surface area contributed by atoms with E-state index in [1.807, 2.05) is 0 Å². The van der Waals surface area contributed by atoms with Crippen molar-refractivity contribution in [2.75, 3.05) is 14.1 Å². The lowest BCUT2D eigenvalue weighted by Gasteiger charge is -2.13. The molecule has 7 heteroatoms. The minimum Gasteiger partial charge on any atom is -0.345 e. The second-order valence-electron chi connectivity index (χ2n) is 5.90. The van der Waals surface area contributed by atoms with Crippen molar-refractivity contribution in [3.8, 4) is 0 Å². The number of nitrogens with zero attached hydrogens (tertiary/aromatic N) is 3. The van der Waals surface area contributed by atoms with Crippen LogP contribution in [0.5, 0.6) is 0 Å². The topological polar surface area (TPSA) is 38.1 Å².